The highest BCUT2D eigenvalue weighted by molar-refractivity contribution is 5.32. The molecule has 0 aromatic heterocycles. The molecule has 2 nitrogen and oxygen atoms in total. The smallest absolute Gasteiger partial charge is 0.119 e. The maximum Gasteiger partial charge on any atom is 0.119 e. The van der Waals surface area contributed by atoms with Gasteiger partial charge in [-0.05, 0) is 42.9 Å². The van der Waals surface area contributed by atoms with Crippen molar-refractivity contribution < 1.29 is 4.74 Å². The first kappa shape index (κ1) is 14.0. The lowest BCUT2D eigenvalue weighted by atomic mass is 9.81. The number of benzene rings is 1. The van der Waals surface area contributed by atoms with Gasteiger partial charge in [-0.2, -0.15) is 0 Å². The van der Waals surface area contributed by atoms with Crippen molar-refractivity contribution in [2.24, 2.45) is 11.1 Å². The summed E-state index contributed by atoms with van der Waals surface area (Å²) < 4.78 is 5.24. The molecule has 0 fully saturated rings. The molecular weight excluding hydrogens is 210 g/mol. The van der Waals surface area contributed by atoms with E-state index < -0.39 is 0 Å². The third kappa shape index (κ3) is 4.39. The van der Waals surface area contributed by atoms with Gasteiger partial charge in [-0.25, -0.2) is 0 Å². The maximum absolute atomic E-state index is 6.41. The van der Waals surface area contributed by atoms with Gasteiger partial charge in [-0.15, -0.1) is 0 Å². The fraction of sp³-hybridized carbons (Fsp3) is 0.600. The van der Waals surface area contributed by atoms with Crippen LogP contribution in [0, 0.1) is 5.41 Å². The molecule has 0 amide bonds. The quantitative estimate of drug-likeness (QED) is 0.863. The molecule has 0 aliphatic carbocycles. The van der Waals surface area contributed by atoms with E-state index >= 15 is 0 Å². The minimum Gasteiger partial charge on any atom is -0.497 e. The molecule has 1 aromatic carbocycles. The first-order chi connectivity index (χ1) is 7.74. The van der Waals surface area contributed by atoms with Gasteiger partial charge in [0.05, 0.1) is 7.11 Å². The van der Waals surface area contributed by atoms with Gasteiger partial charge in [0.2, 0.25) is 0 Å². The van der Waals surface area contributed by atoms with Crippen LogP contribution in [0.2, 0.25) is 0 Å². The molecule has 2 N–H and O–H groups in total. The fourth-order valence-electron chi connectivity index (χ4n) is 1.76. The molecule has 0 spiro atoms. The fourth-order valence-corrected chi connectivity index (χ4v) is 1.76. The van der Waals surface area contributed by atoms with Crippen LogP contribution in [0.5, 0.6) is 5.75 Å². The van der Waals surface area contributed by atoms with Crippen molar-refractivity contribution in [3.63, 3.8) is 0 Å². The second kappa shape index (κ2) is 5.09. The van der Waals surface area contributed by atoms with Crippen molar-refractivity contribution in [2.45, 2.75) is 46.1 Å². The van der Waals surface area contributed by atoms with Crippen molar-refractivity contribution in [1.29, 1.82) is 0 Å². The van der Waals surface area contributed by atoms with E-state index in [1.807, 2.05) is 18.2 Å². The Morgan fingerprint density at radius 2 is 1.76 bits per heavy atom. The van der Waals surface area contributed by atoms with Gasteiger partial charge < -0.3 is 10.5 Å². The van der Waals surface area contributed by atoms with Crippen molar-refractivity contribution in [3.8, 4) is 5.75 Å². The van der Waals surface area contributed by atoms with Gasteiger partial charge in [0.25, 0.3) is 0 Å². The Balaban J connectivity index is 2.81. The highest BCUT2D eigenvalue weighted by Crippen LogP contribution is 2.31. The Hall–Kier alpha value is -1.02. The zero-order valence-electron chi connectivity index (χ0n) is 11.7. The minimum atomic E-state index is -0.290. The summed E-state index contributed by atoms with van der Waals surface area (Å²) in [4.78, 5) is 0. The number of methoxy groups -OCH3 is 1. The predicted octanol–water partition coefficient (Wildman–Crippen LogP) is 3.70. The topological polar surface area (TPSA) is 35.2 Å². The number of rotatable bonds is 4. The molecule has 0 saturated heterocycles. The van der Waals surface area contributed by atoms with Crippen LogP contribution < -0.4 is 10.5 Å². The van der Waals surface area contributed by atoms with E-state index in [0.29, 0.717) is 5.41 Å². The summed E-state index contributed by atoms with van der Waals surface area (Å²) in [6, 6.07) is 8.05. The normalized spacial score (nSPS) is 15.4. The maximum atomic E-state index is 6.41. The molecule has 1 rings (SSSR count). The molecular formula is C15H25NO. The lowest BCUT2D eigenvalue weighted by molar-refractivity contribution is 0.306. The van der Waals surface area contributed by atoms with E-state index in [4.69, 9.17) is 10.5 Å². The summed E-state index contributed by atoms with van der Waals surface area (Å²) in [5.74, 6) is 0.870. The standard InChI is InChI=1S/C15H25NO/c1-14(2,3)9-10-15(4,16)12-7-6-8-13(11-12)17-5/h6-8,11H,9-10,16H2,1-5H3. The van der Waals surface area contributed by atoms with Crippen molar-refractivity contribution >= 4 is 0 Å². The van der Waals surface area contributed by atoms with Crippen LogP contribution in [0.1, 0.15) is 46.1 Å². The monoisotopic (exact) mass is 235 g/mol. The van der Waals surface area contributed by atoms with Crippen LogP contribution >= 0.6 is 0 Å². The summed E-state index contributed by atoms with van der Waals surface area (Å²) >= 11 is 0. The van der Waals surface area contributed by atoms with E-state index in [9.17, 15) is 0 Å². The van der Waals surface area contributed by atoms with E-state index in [1.54, 1.807) is 7.11 Å². The van der Waals surface area contributed by atoms with Crippen LogP contribution in [0.15, 0.2) is 24.3 Å². The molecule has 0 heterocycles. The zero-order valence-corrected chi connectivity index (χ0v) is 11.7. The first-order valence-electron chi connectivity index (χ1n) is 6.18. The summed E-state index contributed by atoms with van der Waals surface area (Å²) in [5, 5.41) is 0. The Bertz CT molecular complexity index is 363. The number of ether oxygens (including phenoxy) is 1. The molecule has 2 heteroatoms. The molecule has 17 heavy (non-hydrogen) atoms. The van der Waals surface area contributed by atoms with Gasteiger partial charge in [-0.3, -0.25) is 0 Å². The molecule has 96 valence electrons. The largest absolute Gasteiger partial charge is 0.497 e. The molecule has 0 radical (unpaired) electrons. The van der Waals surface area contributed by atoms with E-state index in [2.05, 4.69) is 33.8 Å². The molecule has 0 bridgehead atoms. The van der Waals surface area contributed by atoms with Crippen molar-refractivity contribution in [3.05, 3.63) is 29.8 Å². The lowest BCUT2D eigenvalue weighted by Gasteiger charge is -2.29. The van der Waals surface area contributed by atoms with Gasteiger partial charge in [0.15, 0.2) is 0 Å². The Kier molecular flexibility index (Phi) is 4.21. The van der Waals surface area contributed by atoms with Gasteiger partial charge in [0.1, 0.15) is 5.75 Å². The second-order valence-corrected chi connectivity index (χ2v) is 6.21. The van der Waals surface area contributed by atoms with Crippen LogP contribution in [-0.2, 0) is 5.54 Å². The van der Waals surface area contributed by atoms with Crippen LogP contribution in [-0.4, -0.2) is 7.11 Å². The predicted molar refractivity (Wildman–Crippen MR) is 73.2 cm³/mol. The molecule has 0 aliphatic heterocycles. The molecule has 0 saturated carbocycles. The van der Waals surface area contributed by atoms with Crippen LogP contribution in [0.4, 0.5) is 0 Å². The van der Waals surface area contributed by atoms with Crippen LogP contribution in [0.25, 0.3) is 0 Å². The van der Waals surface area contributed by atoms with E-state index in [1.165, 1.54) is 0 Å². The van der Waals surface area contributed by atoms with Crippen molar-refractivity contribution in [1.82, 2.24) is 0 Å². The third-order valence-electron chi connectivity index (χ3n) is 3.12. The number of hydrogen-bond acceptors (Lipinski definition) is 2. The number of nitrogens with two attached hydrogens (primary N) is 1. The van der Waals surface area contributed by atoms with Crippen molar-refractivity contribution in [2.75, 3.05) is 7.11 Å². The third-order valence-corrected chi connectivity index (χ3v) is 3.12. The molecule has 1 atom stereocenters. The number of hydrogen-bond donors (Lipinski definition) is 1. The Labute approximate surface area is 105 Å². The average Bonchev–Trinajstić information content (AvgIpc) is 2.26. The SMILES string of the molecule is COc1cccc(C(C)(N)CCC(C)(C)C)c1. The highest BCUT2D eigenvalue weighted by Gasteiger charge is 2.24. The summed E-state index contributed by atoms with van der Waals surface area (Å²) in [7, 11) is 1.68. The first-order valence-corrected chi connectivity index (χ1v) is 6.18. The average molecular weight is 235 g/mol. The lowest BCUT2D eigenvalue weighted by Crippen LogP contribution is -2.34. The molecule has 1 aromatic rings. The highest BCUT2D eigenvalue weighted by atomic mass is 16.5. The Morgan fingerprint density at radius 1 is 1.12 bits per heavy atom. The van der Waals surface area contributed by atoms with E-state index in [0.717, 1.165) is 24.2 Å². The second-order valence-electron chi connectivity index (χ2n) is 6.21. The molecule has 0 aliphatic rings. The minimum absolute atomic E-state index is 0.290. The van der Waals surface area contributed by atoms with E-state index in [-0.39, 0.29) is 5.54 Å². The summed E-state index contributed by atoms with van der Waals surface area (Å²) in [6.07, 6.45) is 2.08. The van der Waals surface area contributed by atoms with Gasteiger partial charge >= 0.3 is 0 Å². The van der Waals surface area contributed by atoms with Gasteiger partial charge in [-0.1, -0.05) is 32.9 Å². The summed E-state index contributed by atoms with van der Waals surface area (Å²) in [5.41, 5.74) is 7.58. The van der Waals surface area contributed by atoms with Gasteiger partial charge in [0, 0.05) is 5.54 Å². The Morgan fingerprint density at radius 3 is 2.29 bits per heavy atom. The zero-order chi connectivity index (χ0) is 13.1. The summed E-state index contributed by atoms with van der Waals surface area (Å²) in [6.45, 7) is 8.82. The van der Waals surface area contributed by atoms with Crippen LogP contribution in [0.3, 0.4) is 0 Å². The molecule has 1 unspecified atom stereocenters.